The van der Waals surface area contributed by atoms with Crippen LogP contribution in [0.5, 0.6) is 0 Å². The average molecular weight is 388 g/mol. The van der Waals surface area contributed by atoms with Crippen molar-refractivity contribution >= 4 is 28.2 Å². The maximum absolute atomic E-state index is 12.8. The van der Waals surface area contributed by atoms with E-state index in [-0.39, 0.29) is 0 Å². The number of rotatable bonds is 3. The van der Waals surface area contributed by atoms with Gasteiger partial charge in [-0.25, -0.2) is 4.21 Å². The first-order chi connectivity index (χ1) is 13.5. The fourth-order valence-corrected chi connectivity index (χ4v) is 4.50. The molecule has 3 aromatic rings. The quantitative estimate of drug-likeness (QED) is 0.506. The molecule has 0 saturated heterocycles. The zero-order valence-electron chi connectivity index (χ0n) is 15.5. The molecule has 2 aromatic carbocycles. The Morgan fingerprint density at radius 3 is 2.54 bits per heavy atom. The number of fused-ring (bicyclic) bond motifs is 1. The molecule has 0 aliphatic carbocycles. The largest absolute Gasteiger partial charge is 0.288 e. The number of aromatic nitrogens is 1. The first-order valence-electron chi connectivity index (χ1n) is 9.02. The molecule has 5 nitrogen and oxygen atoms in total. The summed E-state index contributed by atoms with van der Waals surface area (Å²) in [5.41, 5.74) is 3.90. The number of anilines is 1. The summed E-state index contributed by atoms with van der Waals surface area (Å²) in [6.45, 7) is 1.70. The highest BCUT2D eigenvalue weighted by Crippen LogP contribution is 2.33. The van der Waals surface area contributed by atoms with E-state index in [0.29, 0.717) is 23.0 Å². The van der Waals surface area contributed by atoms with Crippen LogP contribution in [0.3, 0.4) is 0 Å². The number of hydrogen-bond donors (Lipinski definition) is 2. The number of amidine groups is 2. The zero-order valence-corrected chi connectivity index (χ0v) is 16.3. The lowest BCUT2D eigenvalue weighted by molar-refractivity contribution is 0.683. The van der Waals surface area contributed by atoms with Gasteiger partial charge in [0.2, 0.25) is 0 Å². The van der Waals surface area contributed by atoms with Crippen molar-refractivity contribution in [1.29, 1.82) is 10.8 Å². The van der Waals surface area contributed by atoms with Crippen LogP contribution in [-0.4, -0.2) is 20.9 Å². The summed E-state index contributed by atoms with van der Waals surface area (Å²) in [5, 5.41) is 16.1. The molecule has 0 fully saturated rings. The average Bonchev–Trinajstić information content (AvgIpc) is 2.73. The van der Waals surface area contributed by atoms with Crippen LogP contribution in [-0.2, 0) is 17.2 Å². The molecule has 140 valence electrons. The standard InChI is InChI=1S/C22H20N4OS/c1-15(23)26-21-9-7-16(11-17(21)8-10-22(26)24)18-12-20(14-25-13-18)28(27)19-5-3-2-4-6-19/h2-7,9,11-14,23-24H,8,10H2,1H3. The second-order valence-corrected chi connectivity index (χ2v) is 8.18. The van der Waals surface area contributed by atoms with Crippen LogP contribution in [0.2, 0.25) is 0 Å². The van der Waals surface area contributed by atoms with Crippen molar-refractivity contribution in [2.75, 3.05) is 4.90 Å². The number of hydrogen-bond acceptors (Lipinski definition) is 4. The normalized spacial score (nSPS) is 14.5. The van der Waals surface area contributed by atoms with Crippen LogP contribution in [0.15, 0.2) is 76.8 Å². The molecule has 1 aromatic heterocycles. The monoisotopic (exact) mass is 388 g/mol. The van der Waals surface area contributed by atoms with E-state index < -0.39 is 10.8 Å². The van der Waals surface area contributed by atoms with Gasteiger partial charge in [0, 0.05) is 29.3 Å². The van der Waals surface area contributed by atoms with Crippen LogP contribution in [0.4, 0.5) is 5.69 Å². The van der Waals surface area contributed by atoms with E-state index in [0.717, 1.165) is 33.7 Å². The first-order valence-corrected chi connectivity index (χ1v) is 10.2. The molecule has 1 atom stereocenters. The molecule has 0 amide bonds. The van der Waals surface area contributed by atoms with Crippen LogP contribution >= 0.6 is 0 Å². The molecule has 6 heteroatoms. The van der Waals surface area contributed by atoms with Crippen molar-refractivity contribution in [1.82, 2.24) is 4.98 Å². The Hall–Kier alpha value is -3.12. The third-order valence-electron chi connectivity index (χ3n) is 4.77. The number of benzene rings is 2. The van der Waals surface area contributed by atoms with E-state index in [4.69, 9.17) is 10.8 Å². The number of aryl methyl sites for hydroxylation is 1. The molecular formula is C22H20N4OS. The fraction of sp³-hybridized carbons (Fsp3) is 0.136. The minimum absolute atomic E-state index is 0.348. The fourth-order valence-electron chi connectivity index (χ4n) is 3.44. The molecule has 1 aliphatic heterocycles. The van der Waals surface area contributed by atoms with Gasteiger partial charge in [0.15, 0.2) is 0 Å². The Balaban J connectivity index is 1.70. The molecular weight excluding hydrogens is 368 g/mol. The summed E-state index contributed by atoms with van der Waals surface area (Å²) in [6.07, 6.45) is 4.81. The van der Waals surface area contributed by atoms with E-state index in [1.807, 2.05) is 48.5 Å². The highest BCUT2D eigenvalue weighted by Gasteiger charge is 2.23. The topological polar surface area (TPSA) is 80.9 Å². The van der Waals surface area contributed by atoms with E-state index in [2.05, 4.69) is 11.1 Å². The van der Waals surface area contributed by atoms with Crippen molar-refractivity contribution in [2.24, 2.45) is 0 Å². The van der Waals surface area contributed by atoms with Gasteiger partial charge in [-0.3, -0.25) is 20.7 Å². The summed E-state index contributed by atoms with van der Waals surface area (Å²) < 4.78 is 12.8. The summed E-state index contributed by atoms with van der Waals surface area (Å²) in [5.74, 6) is 0.801. The summed E-state index contributed by atoms with van der Waals surface area (Å²) in [6, 6.07) is 17.3. The van der Waals surface area contributed by atoms with Crippen LogP contribution in [0, 0.1) is 10.8 Å². The van der Waals surface area contributed by atoms with Crippen LogP contribution in [0.25, 0.3) is 11.1 Å². The van der Waals surface area contributed by atoms with E-state index in [9.17, 15) is 4.21 Å². The van der Waals surface area contributed by atoms with Gasteiger partial charge in [0.05, 0.1) is 21.4 Å². The van der Waals surface area contributed by atoms with Crippen molar-refractivity contribution in [3.05, 3.63) is 72.6 Å². The highest BCUT2D eigenvalue weighted by molar-refractivity contribution is 7.85. The van der Waals surface area contributed by atoms with E-state index in [1.54, 1.807) is 24.2 Å². The van der Waals surface area contributed by atoms with Gasteiger partial charge in [0.1, 0.15) is 11.7 Å². The maximum atomic E-state index is 12.8. The molecule has 28 heavy (non-hydrogen) atoms. The molecule has 0 radical (unpaired) electrons. The van der Waals surface area contributed by atoms with Gasteiger partial charge < -0.3 is 0 Å². The molecule has 0 saturated carbocycles. The lowest BCUT2D eigenvalue weighted by atomic mass is 9.96. The molecule has 2 N–H and O–H groups in total. The second kappa shape index (κ2) is 7.48. The highest BCUT2D eigenvalue weighted by atomic mass is 32.2. The molecule has 1 aliphatic rings. The summed E-state index contributed by atoms with van der Waals surface area (Å²) >= 11 is 0. The molecule has 1 unspecified atom stereocenters. The first kappa shape index (κ1) is 18.3. The van der Waals surface area contributed by atoms with Gasteiger partial charge in [-0.05, 0) is 54.8 Å². The third kappa shape index (κ3) is 3.39. The minimum atomic E-state index is -1.28. The van der Waals surface area contributed by atoms with Gasteiger partial charge >= 0.3 is 0 Å². The minimum Gasteiger partial charge on any atom is -0.288 e. The van der Waals surface area contributed by atoms with E-state index in [1.165, 1.54) is 0 Å². The zero-order chi connectivity index (χ0) is 19.7. The number of pyridine rings is 1. The molecule has 0 spiro atoms. The maximum Gasteiger partial charge on any atom is 0.106 e. The SMILES string of the molecule is CC(=N)N1C(=N)CCc2cc(-c3cncc(S(=O)c4ccccc4)c3)ccc21. The predicted octanol–water partition coefficient (Wildman–Crippen LogP) is 4.64. The van der Waals surface area contributed by atoms with Gasteiger partial charge in [-0.1, -0.05) is 24.3 Å². The van der Waals surface area contributed by atoms with E-state index >= 15 is 0 Å². The van der Waals surface area contributed by atoms with Crippen LogP contribution < -0.4 is 4.90 Å². The predicted molar refractivity (Wildman–Crippen MR) is 113 cm³/mol. The van der Waals surface area contributed by atoms with Crippen molar-refractivity contribution in [3.63, 3.8) is 0 Å². The molecule has 4 rings (SSSR count). The Morgan fingerprint density at radius 2 is 1.79 bits per heavy atom. The van der Waals surface area contributed by atoms with Gasteiger partial charge in [-0.15, -0.1) is 0 Å². The molecule has 2 heterocycles. The summed E-state index contributed by atoms with van der Waals surface area (Å²) in [7, 11) is -1.28. The third-order valence-corrected chi connectivity index (χ3v) is 6.13. The lowest BCUT2D eigenvalue weighted by Crippen LogP contribution is -2.37. The van der Waals surface area contributed by atoms with Crippen molar-refractivity contribution < 1.29 is 4.21 Å². The van der Waals surface area contributed by atoms with Crippen LogP contribution in [0.1, 0.15) is 18.9 Å². The lowest BCUT2D eigenvalue weighted by Gasteiger charge is -2.31. The Labute approximate surface area is 166 Å². The Bertz CT molecular complexity index is 1090. The summed E-state index contributed by atoms with van der Waals surface area (Å²) in [4.78, 5) is 7.40. The number of nitrogens with zero attached hydrogens (tertiary/aromatic N) is 2. The van der Waals surface area contributed by atoms with Crippen molar-refractivity contribution in [2.45, 2.75) is 29.6 Å². The van der Waals surface area contributed by atoms with Crippen molar-refractivity contribution in [3.8, 4) is 11.1 Å². The van der Waals surface area contributed by atoms with Gasteiger partial charge in [-0.2, -0.15) is 0 Å². The Kier molecular flexibility index (Phi) is 4.88. The number of nitrogens with one attached hydrogen (secondary N) is 2. The second-order valence-electron chi connectivity index (χ2n) is 6.70. The van der Waals surface area contributed by atoms with Gasteiger partial charge in [0.25, 0.3) is 0 Å². The Morgan fingerprint density at radius 1 is 1.00 bits per heavy atom. The smallest absolute Gasteiger partial charge is 0.106 e. The molecule has 0 bridgehead atoms.